The molecular weight excluding hydrogens is 284 g/mol. The molecule has 0 radical (unpaired) electrons. The van der Waals surface area contributed by atoms with Crippen molar-refractivity contribution >= 4 is 5.91 Å². The molecule has 0 aliphatic heterocycles. The maximum Gasteiger partial charge on any atom is 0.328 e. The zero-order valence-electron chi connectivity index (χ0n) is 12.7. The van der Waals surface area contributed by atoms with Crippen LogP contribution in [0, 0.1) is 5.92 Å². The van der Waals surface area contributed by atoms with Crippen molar-refractivity contribution in [2.24, 2.45) is 13.0 Å². The van der Waals surface area contributed by atoms with Crippen molar-refractivity contribution in [1.82, 2.24) is 19.9 Å². The van der Waals surface area contributed by atoms with E-state index in [0.29, 0.717) is 5.69 Å². The average molecular weight is 302 g/mol. The number of carbonyl (C=O) groups is 1. The molecule has 0 fully saturated rings. The molecule has 2 aromatic rings. The maximum atomic E-state index is 12.3. The van der Waals surface area contributed by atoms with Gasteiger partial charge in [-0.2, -0.15) is 0 Å². The molecule has 0 aliphatic rings. The van der Waals surface area contributed by atoms with Gasteiger partial charge in [-0.3, -0.25) is 19.6 Å². The summed E-state index contributed by atoms with van der Waals surface area (Å²) in [6.07, 6.45) is 2.88. The van der Waals surface area contributed by atoms with Crippen LogP contribution in [0.2, 0.25) is 0 Å². The summed E-state index contributed by atoms with van der Waals surface area (Å²) < 4.78 is 1.15. The first kappa shape index (κ1) is 15.7. The van der Waals surface area contributed by atoms with Crippen LogP contribution in [0.3, 0.4) is 0 Å². The Morgan fingerprint density at radius 3 is 2.64 bits per heavy atom. The third-order valence-electron chi connectivity index (χ3n) is 3.31. The topological polar surface area (TPSA) is 96.9 Å². The van der Waals surface area contributed by atoms with Crippen LogP contribution in [0.15, 0.2) is 40.2 Å². The van der Waals surface area contributed by atoms with Crippen LogP contribution in [0.1, 0.15) is 35.9 Å². The summed E-state index contributed by atoms with van der Waals surface area (Å²) in [5.74, 6) is -0.452. The summed E-state index contributed by atoms with van der Waals surface area (Å²) in [4.78, 5) is 41.8. The van der Waals surface area contributed by atoms with E-state index < -0.39 is 17.2 Å². The van der Waals surface area contributed by atoms with Gasteiger partial charge in [0.25, 0.3) is 11.5 Å². The molecule has 7 nitrogen and oxygen atoms in total. The van der Waals surface area contributed by atoms with Gasteiger partial charge < -0.3 is 9.88 Å². The third kappa shape index (κ3) is 3.30. The summed E-state index contributed by atoms with van der Waals surface area (Å²) in [7, 11) is 1.47. The molecule has 0 saturated heterocycles. The Hall–Kier alpha value is -2.70. The quantitative estimate of drug-likeness (QED) is 0.864. The van der Waals surface area contributed by atoms with Crippen molar-refractivity contribution < 1.29 is 4.79 Å². The average Bonchev–Trinajstić information content (AvgIpc) is 2.48. The van der Waals surface area contributed by atoms with Crippen LogP contribution in [0.5, 0.6) is 0 Å². The number of hydrogen-bond acceptors (Lipinski definition) is 4. The monoisotopic (exact) mass is 302 g/mol. The normalized spacial score (nSPS) is 12.2. The van der Waals surface area contributed by atoms with Gasteiger partial charge in [-0.05, 0) is 18.1 Å². The first-order valence-electron chi connectivity index (χ1n) is 6.92. The summed E-state index contributed by atoms with van der Waals surface area (Å²) >= 11 is 0. The predicted molar refractivity (Wildman–Crippen MR) is 81.6 cm³/mol. The Labute approximate surface area is 127 Å². The van der Waals surface area contributed by atoms with E-state index in [2.05, 4.69) is 15.3 Å². The van der Waals surface area contributed by atoms with Crippen LogP contribution in [0.4, 0.5) is 0 Å². The Bertz CT molecular complexity index is 777. The number of aryl methyl sites for hydroxylation is 1. The number of rotatable bonds is 4. The molecule has 7 heteroatoms. The second kappa shape index (κ2) is 6.38. The Balaban J connectivity index is 2.32. The molecule has 0 aliphatic carbocycles. The minimum absolute atomic E-state index is 0.0884. The van der Waals surface area contributed by atoms with Crippen LogP contribution >= 0.6 is 0 Å². The van der Waals surface area contributed by atoms with E-state index in [-0.39, 0.29) is 17.5 Å². The molecule has 2 N–H and O–H groups in total. The lowest BCUT2D eigenvalue weighted by atomic mass is 10.00. The molecule has 22 heavy (non-hydrogen) atoms. The van der Waals surface area contributed by atoms with E-state index in [0.717, 1.165) is 4.57 Å². The molecule has 1 amide bonds. The number of pyridine rings is 1. The van der Waals surface area contributed by atoms with E-state index in [9.17, 15) is 14.4 Å². The van der Waals surface area contributed by atoms with Crippen molar-refractivity contribution in [1.29, 1.82) is 0 Å². The van der Waals surface area contributed by atoms with Crippen LogP contribution in [-0.2, 0) is 7.05 Å². The highest BCUT2D eigenvalue weighted by Gasteiger charge is 2.22. The second-order valence-corrected chi connectivity index (χ2v) is 5.36. The number of amides is 1. The Morgan fingerprint density at radius 1 is 1.32 bits per heavy atom. The summed E-state index contributed by atoms with van der Waals surface area (Å²) in [6.45, 7) is 3.90. The van der Waals surface area contributed by atoms with Gasteiger partial charge in [-0.15, -0.1) is 0 Å². The van der Waals surface area contributed by atoms with E-state index in [4.69, 9.17) is 0 Å². The minimum Gasteiger partial charge on any atom is -0.343 e. The predicted octanol–water partition coefficient (Wildman–Crippen LogP) is 0.596. The molecule has 0 aromatic carbocycles. The summed E-state index contributed by atoms with van der Waals surface area (Å²) in [5.41, 5.74) is -0.661. The number of aromatic nitrogens is 3. The maximum absolute atomic E-state index is 12.3. The first-order valence-corrected chi connectivity index (χ1v) is 6.92. The van der Waals surface area contributed by atoms with Gasteiger partial charge in [0, 0.05) is 19.4 Å². The standard InChI is InChI=1S/C15H18N4O3/c1-9(2)12(11-6-4-5-7-16-11)17-13(20)10-8-19(3)15(22)18-14(10)21/h4-9,12H,1-3H3,(H,17,20)(H,18,21,22). The van der Waals surface area contributed by atoms with Crippen LogP contribution in [0.25, 0.3) is 0 Å². The number of carbonyl (C=O) groups excluding carboxylic acids is 1. The number of aromatic amines is 1. The lowest BCUT2D eigenvalue weighted by Crippen LogP contribution is -2.38. The number of H-pyrrole nitrogens is 1. The second-order valence-electron chi connectivity index (χ2n) is 5.36. The Morgan fingerprint density at radius 2 is 2.05 bits per heavy atom. The number of hydrogen-bond donors (Lipinski definition) is 2. The fourth-order valence-electron chi connectivity index (χ4n) is 2.09. The van der Waals surface area contributed by atoms with Crippen molar-refractivity contribution in [2.75, 3.05) is 0 Å². The summed E-state index contributed by atoms with van der Waals surface area (Å²) in [5, 5.41) is 2.80. The lowest BCUT2D eigenvalue weighted by molar-refractivity contribution is 0.0922. The Kier molecular flexibility index (Phi) is 4.55. The minimum atomic E-state index is -0.705. The van der Waals surface area contributed by atoms with E-state index >= 15 is 0 Å². The van der Waals surface area contributed by atoms with Gasteiger partial charge in [0.05, 0.1) is 11.7 Å². The highest BCUT2D eigenvalue weighted by molar-refractivity contribution is 5.93. The molecule has 2 aromatic heterocycles. The van der Waals surface area contributed by atoms with Crippen LogP contribution in [-0.4, -0.2) is 20.4 Å². The van der Waals surface area contributed by atoms with E-state index in [1.54, 1.807) is 12.3 Å². The lowest BCUT2D eigenvalue weighted by Gasteiger charge is -2.21. The molecular formula is C15H18N4O3. The van der Waals surface area contributed by atoms with Gasteiger partial charge in [-0.25, -0.2) is 4.79 Å². The third-order valence-corrected chi connectivity index (χ3v) is 3.31. The highest BCUT2D eigenvalue weighted by atomic mass is 16.2. The fourth-order valence-corrected chi connectivity index (χ4v) is 2.09. The van der Waals surface area contributed by atoms with Crippen molar-refractivity contribution in [2.45, 2.75) is 19.9 Å². The largest absolute Gasteiger partial charge is 0.343 e. The number of nitrogens with one attached hydrogen (secondary N) is 2. The molecule has 1 unspecified atom stereocenters. The van der Waals surface area contributed by atoms with Gasteiger partial charge in [0.15, 0.2) is 0 Å². The molecule has 1 atom stereocenters. The smallest absolute Gasteiger partial charge is 0.328 e. The fraction of sp³-hybridized carbons (Fsp3) is 0.333. The molecule has 2 rings (SSSR count). The molecule has 116 valence electrons. The van der Waals surface area contributed by atoms with Gasteiger partial charge >= 0.3 is 5.69 Å². The molecule has 0 spiro atoms. The molecule has 0 bridgehead atoms. The highest BCUT2D eigenvalue weighted by Crippen LogP contribution is 2.19. The summed E-state index contributed by atoms with van der Waals surface area (Å²) in [6, 6.07) is 5.12. The zero-order chi connectivity index (χ0) is 16.3. The first-order chi connectivity index (χ1) is 10.4. The van der Waals surface area contributed by atoms with E-state index in [1.807, 2.05) is 26.0 Å². The number of nitrogens with zero attached hydrogens (tertiary/aromatic N) is 2. The molecule has 2 heterocycles. The molecule has 0 saturated carbocycles. The zero-order valence-corrected chi connectivity index (χ0v) is 12.7. The van der Waals surface area contributed by atoms with Gasteiger partial charge in [0.2, 0.25) is 0 Å². The van der Waals surface area contributed by atoms with E-state index in [1.165, 1.54) is 13.2 Å². The van der Waals surface area contributed by atoms with Crippen molar-refractivity contribution in [3.8, 4) is 0 Å². The van der Waals surface area contributed by atoms with Crippen molar-refractivity contribution in [3.05, 3.63) is 62.7 Å². The van der Waals surface area contributed by atoms with Gasteiger partial charge in [-0.1, -0.05) is 19.9 Å². The van der Waals surface area contributed by atoms with Crippen LogP contribution < -0.4 is 16.6 Å². The van der Waals surface area contributed by atoms with Crippen molar-refractivity contribution in [3.63, 3.8) is 0 Å². The van der Waals surface area contributed by atoms with Gasteiger partial charge in [0.1, 0.15) is 5.56 Å². The SMILES string of the molecule is CC(C)C(NC(=O)c1cn(C)c(=O)[nH]c1=O)c1ccccn1.